The Hall–Kier alpha value is -1.62. The highest BCUT2D eigenvalue weighted by atomic mass is 15.3. The average Bonchev–Trinajstić information content (AvgIpc) is 3.05. The van der Waals surface area contributed by atoms with Gasteiger partial charge >= 0.3 is 0 Å². The lowest BCUT2D eigenvalue weighted by Crippen LogP contribution is -2.16. The molecule has 0 amide bonds. The molecule has 1 atom stereocenters. The number of aromatic nitrogens is 4. The molecule has 2 rings (SSSR count). The van der Waals surface area contributed by atoms with Crippen molar-refractivity contribution in [2.45, 2.75) is 53.2 Å². The van der Waals surface area contributed by atoms with Crippen molar-refractivity contribution in [2.24, 2.45) is 0 Å². The van der Waals surface area contributed by atoms with Gasteiger partial charge in [-0.05, 0) is 32.9 Å². The number of hydrogen-bond donors (Lipinski definition) is 1. The minimum absolute atomic E-state index is 0.453. The number of aryl methyl sites for hydroxylation is 1. The van der Waals surface area contributed by atoms with Gasteiger partial charge in [-0.3, -0.25) is 4.68 Å². The van der Waals surface area contributed by atoms with Gasteiger partial charge in [-0.2, -0.15) is 5.10 Å². The molecule has 2 aromatic rings. The van der Waals surface area contributed by atoms with Gasteiger partial charge in [0, 0.05) is 25.0 Å². The first kappa shape index (κ1) is 14.8. The third kappa shape index (κ3) is 3.28. The standard InChI is InChI=1S/C15H25N5/c1-5-12(3)20-8-7-14(18-20)11-19-13(4)17-10-15(19)9-16-6-2/h7-8,10,12,16H,5-6,9,11H2,1-4H3. The highest BCUT2D eigenvalue weighted by molar-refractivity contribution is 5.09. The van der Waals surface area contributed by atoms with Gasteiger partial charge in [0.05, 0.1) is 17.9 Å². The third-order valence-electron chi connectivity index (χ3n) is 3.72. The fraction of sp³-hybridized carbons (Fsp3) is 0.600. The Balaban J connectivity index is 2.13. The van der Waals surface area contributed by atoms with E-state index in [1.165, 1.54) is 5.69 Å². The predicted molar refractivity (Wildman–Crippen MR) is 80.7 cm³/mol. The quantitative estimate of drug-likeness (QED) is 0.844. The third-order valence-corrected chi connectivity index (χ3v) is 3.72. The molecule has 0 aliphatic carbocycles. The molecule has 0 saturated heterocycles. The van der Waals surface area contributed by atoms with E-state index >= 15 is 0 Å². The van der Waals surface area contributed by atoms with E-state index in [4.69, 9.17) is 0 Å². The maximum absolute atomic E-state index is 4.67. The van der Waals surface area contributed by atoms with Crippen molar-refractivity contribution in [3.05, 3.63) is 35.7 Å². The molecule has 2 heterocycles. The summed E-state index contributed by atoms with van der Waals surface area (Å²) in [5.41, 5.74) is 2.30. The van der Waals surface area contributed by atoms with E-state index in [9.17, 15) is 0 Å². The summed E-state index contributed by atoms with van der Waals surface area (Å²) in [5, 5.41) is 8.02. The summed E-state index contributed by atoms with van der Waals surface area (Å²) in [4.78, 5) is 4.41. The summed E-state index contributed by atoms with van der Waals surface area (Å²) in [7, 11) is 0. The van der Waals surface area contributed by atoms with Crippen LogP contribution >= 0.6 is 0 Å². The van der Waals surface area contributed by atoms with E-state index in [-0.39, 0.29) is 0 Å². The highest BCUT2D eigenvalue weighted by Crippen LogP contribution is 2.12. The van der Waals surface area contributed by atoms with Crippen LogP contribution in [0.15, 0.2) is 18.5 Å². The zero-order valence-electron chi connectivity index (χ0n) is 12.9. The average molecular weight is 275 g/mol. The van der Waals surface area contributed by atoms with Gasteiger partial charge in [0.2, 0.25) is 0 Å². The molecule has 5 heteroatoms. The summed E-state index contributed by atoms with van der Waals surface area (Å²) in [6.45, 7) is 11.1. The monoisotopic (exact) mass is 275 g/mol. The van der Waals surface area contributed by atoms with Crippen LogP contribution in [0.3, 0.4) is 0 Å². The first-order valence-corrected chi connectivity index (χ1v) is 7.41. The molecule has 0 fully saturated rings. The van der Waals surface area contributed by atoms with E-state index in [2.05, 4.69) is 53.0 Å². The normalized spacial score (nSPS) is 12.8. The van der Waals surface area contributed by atoms with E-state index in [0.717, 1.165) is 37.6 Å². The van der Waals surface area contributed by atoms with E-state index < -0.39 is 0 Å². The summed E-state index contributed by atoms with van der Waals surface area (Å²) < 4.78 is 4.28. The minimum Gasteiger partial charge on any atom is -0.325 e. The van der Waals surface area contributed by atoms with Crippen molar-refractivity contribution in [1.29, 1.82) is 0 Å². The summed E-state index contributed by atoms with van der Waals surface area (Å²) in [6.07, 6.45) is 5.11. The van der Waals surface area contributed by atoms with Crippen LogP contribution in [0, 0.1) is 6.92 Å². The van der Waals surface area contributed by atoms with Gasteiger partial charge < -0.3 is 9.88 Å². The lowest BCUT2D eigenvalue weighted by molar-refractivity contribution is 0.471. The Morgan fingerprint density at radius 1 is 1.35 bits per heavy atom. The van der Waals surface area contributed by atoms with Gasteiger partial charge in [0.25, 0.3) is 0 Å². The van der Waals surface area contributed by atoms with Crippen LogP contribution in [0.1, 0.15) is 50.4 Å². The second kappa shape index (κ2) is 6.70. The second-order valence-corrected chi connectivity index (χ2v) is 5.21. The van der Waals surface area contributed by atoms with E-state index in [0.29, 0.717) is 6.04 Å². The number of rotatable bonds is 7. The molecule has 0 aromatic carbocycles. The van der Waals surface area contributed by atoms with Crippen LogP contribution in [-0.2, 0) is 13.1 Å². The molecule has 0 saturated carbocycles. The van der Waals surface area contributed by atoms with Crippen molar-refractivity contribution in [3.63, 3.8) is 0 Å². The molecule has 110 valence electrons. The van der Waals surface area contributed by atoms with Gasteiger partial charge in [-0.1, -0.05) is 13.8 Å². The van der Waals surface area contributed by atoms with Gasteiger partial charge in [-0.25, -0.2) is 4.98 Å². The van der Waals surface area contributed by atoms with Crippen molar-refractivity contribution >= 4 is 0 Å². The molecular weight excluding hydrogens is 250 g/mol. The van der Waals surface area contributed by atoms with E-state index in [1.807, 2.05) is 17.8 Å². The zero-order chi connectivity index (χ0) is 14.5. The Morgan fingerprint density at radius 3 is 2.85 bits per heavy atom. The van der Waals surface area contributed by atoms with Crippen molar-refractivity contribution in [1.82, 2.24) is 24.6 Å². The molecule has 1 unspecified atom stereocenters. The number of nitrogens with one attached hydrogen (secondary N) is 1. The van der Waals surface area contributed by atoms with Crippen LogP contribution in [-0.4, -0.2) is 25.9 Å². The van der Waals surface area contributed by atoms with Crippen molar-refractivity contribution in [2.75, 3.05) is 6.54 Å². The number of imidazole rings is 1. The predicted octanol–water partition coefficient (Wildman–Crippen LogP) is 2.52. The smallest absolute Gasteiger partial charge is 0.106 e. The van der Waals surface area contributed by atoms with E-state index in [1.54, 1.807) is 0 Å². The number of hydrogen-bond acceptors (Lipinski definition) is 3. The topological polar surface area (TPSA) is 47.7 Å². The molecule has 0 bridgehead atoms. The highest BCUT2D eigenvalue weighted by Gasteiger charge is 2.10. The molecule has 2 aromatic heterocycles. The van der Waals surface area contributed by atoms with Crippen LogP contribution in [0.5, 0.6) is 0 Å². The first-order chi connectivity index (χ1) is 9.65. The second-order valence-electron chi connectivity index (χ2n) is 5.21. The maximum atomic E-state index is 4.67. The molecule has 0 radical (unpaired) electrons. The molecule has 1 N–H and O–H groups in total. The van der Waals surface area contributed by atoms with Crippen LogP contribution in [0.4, 0.5) is 0 Å². The molecule has 0 aliphatic heterocycles. The molecule has 0 aliphatic rings. The zero-order valence-corrected chi connectivity index (χ0v) is 12.9. The summed E-state index contributed by atoms with van der Waals surface area (Å²) in [5.74, 6) is 1.04. The number of nitrogens with zero attached hydrogens (tertiary/aromatic N) is 4. The lowest BCUT2D eigenvalue weighted by Gasteiger charge is -2.10. The van der Waals surface area contributed by atoms with Crippen molar-refractivity contribution in [3.8, 4) is 0 Å². The Kier molecular flexibility index (Phi) is 4.95. The van der Waals surface area contributed by atoms with Crippen molar-refractivity contribution < 1.29 is 0 Å². The molecule has 5 nitrogen and oxygen atoms in total. The SMILES string of the molecule is CCNCc1cnc(C)n1Cc1ccn(C(C)CC)n1. The fourth-order valence-corrected chi connectivity index (χ4v) is 2.18. The first-order valence-electron chi connectivity index (χ1n) is 7.41. The molecule has 0 spiro atoms. The summed E-state index contributed by atoms with van der Waals surface area (Å²) in [6, 6.07) is 2.55. The van der Waals surface area contributed by atoms with Gasteiger partial charge in [0.1, 0.15) is 5.82 Å². The van der Waals surface area contributed by atoms with Crippen LogP contribution in [0.25, 0.3) is 0 Å². The lowest BCUT2D eigenvalue weighted by atomic mass is 10.3. The fourth-order valence-electron chi connectivity index (χ4n) is 2.18. The van der Waals surface area contributed by atoms with Crippen LogP contribution < -0.4 is 5.32 Å². The van der Waals surface area contributed by atoms with Crippen LogP contribution in [0.2, 0.25) is 0 Å². The summed E-state index contributed by atoms with van der Waals surface area (Å²) >= 11 is 0. The van der Waals surface area contributed by atoms with Gasteiger partial charge in [0.15, 0.2) is 0 Å². The Morgan fingerprint density at radius 2 is 2.15 bits per heavy atom. The molecule has 20 heavy (non-hydrogen) atoms. The molecular formula is C15H25N5. The largest absolute Gasteiger partial charge is 0.325 e. The Bertz CT molecular complexity index is 540. The minimum atomic E-state index is 0.453. The van der Waals surface area contributed by atoms with Gasteiger partial charge in [-0.15, -0.1) is 0 Å². The maximum Gasteiger partial charge on any atom is 0.106 e. The Labute approximate surface area is 121 Å².